The molecule has 1 N–H and O–H groups in total. The monoisotopic (exact) mass is 313 g/mol. The summed E-state index contributed by atoms with van der Waals surface area (Å²) >= 11 is 12.3. The minimum absolute atomic E-state index is 0.261. The highest BCUT2D eigenvalue weighted by Crippen LogP contribution is 2.34. The molecule has 0 aliphatic heterocycles. The Hall–Kier alpha value is -1.45. The van der Waals surface area contributed by atoms with Crippen molar-refractivity contribution >= 4 is 28.9 Å². The first kappa shape index (κ1) is 14.9. The maximum atomic E-state index is 12.8. The molecule has 0 fully saturated rings. The van der Waals surface area contributed by atoms with E-state index in [-0.39, 0.29) is 5.82 Å². The largest absolute Gasteiger partial charge is 0.491 e. The van der Waals surface area contributed by atoms with Crippen LogP contribution in [0.3, 0.4) is 0 Å². The van der Waals surface area contributed by atoms with Crippen LogP contribution in [-0.4, -0.2) is 6.61 Å². The molecule has 20 heavy (non-hydrogen) atoms. The van der Waals surface area contributed by atoms with Crippen LogP contribution in [0, 0.1) is 5.82 Å². The van der Waals surface area contributed by atoms with Crippen molar-refractivity contribution in [3.63, 3.8) is 0 Å². The van der Waals surface area contributed by atoms with Crippen LogP contribution >= 0.6 is 23.2 Å². The molecule has 5 heteroatoms. The second-order valence-electron chi connectivity index (χ2n) is 4.18. The quantitative estimate of drug-likeness (QED) is 0.824. The van der Waals surface area contributed by atoms with E-state index < -0.39 is 0 Å². The molecule has 2 aromatic carbocycles. The van der Waals surface area contributed by atoms with Crippen molar-refractivity contribution in [3.05, 3.63) is 57.8 Å². The Balaban J connectivity index is 2.08. The third-order valence-corrected chi connectivity index (χ3v) is 3.25. The molecular formula is C15H14Cl2FNO. The van der Waals surface area contributed by atoms with Crippen molar-refractivity contribution < 1.29 is 9.13 Å². The van der Waals surface area contributed by atoms with Crippen LogP contribution in [0.2, 0.25) is 10.0 Å². The van der Waals surface area contributed by atoms with E-state index in [1.807, 2.05) is 6.92 Å². The summed E-state index contributed by atoms with van der Waals surface area (Å²) in [4.78, 5) is 0. The van der Waals surface area contributed by atoms with Gasteiger partial charge < -0.3 is 10.1 Å². The average Bonchev–Trinajstić information content (AvgIpc) is 2.42. The normalized spacial score (nSPS) is 10.4. The molecule has 0 radical (unpaired) electrons. The zero-order chi connectivity index (χ0) is 14.5. The van der Waals surface area contributed by atoms with Gasteiger partial charge >= 0.3 is 0 Å². The van der Waals surface area contributed by atoms with Crippen LogP contribution in [-0.2, 0) is 6.54 Å². The average molecular weight is 314 g/mol. The standard InChI is InChI=1S/C15H14Cl2FNO/c1-2-20-15-13(16)7-10(8-14(15)17)9-19-12-5-3-11(18)4-6-12/h3-8,19H,2,9H2,1H3. The van der Waals surface area contributed by atoms with E-state index in [0.717, 1.165) is 11.3 Å². The molecule has 106 valence electrons. The Bertz CT molecular complexity index is 564. The topological polar surface area (TPSA) is 21.3 Å². The summed E-state index contributed by atoms with van der Waals surface area (Å²) < 4.78 is 18.2. The second-order valence-corrected chi connectivity index (χ2v) is 5.00. The Morgan fingerprint density at radius 2 is 1.70 bits per heavy atom. The smallest absolute Gasteiger partial charge is 0.156 e. The molecule has 0 saturated carbocycles. The number of hydrogen-bond acceptors (Lipinski definition) is 2. The van der Waals surface area contributed by atoms with Crippen LogP contribution in [0.25, 0.3) is 0 Å². The molecule has 2 rings (SSSR count). The number of benzene rings is 2. The number of anilines is 1. The van der Waals surface area contributed by atoms with Crippen LogP contribution < -0.4 is 10.1 Å². The molecule has 0 aromatic heterocycles. The minimum atomic E-state index is -0.261. The maximum absolute atomic E-state index is 12.8. The fraction of sp³-hybridized carbons (Fsp3) is 0.200. The molecule has 2 nitrogen and oxygen atoms in total. The molecule has 0 saturated heterocycles. The number of rotatable bonds is 5. The lowest BCUT2D eigenvalue weighted by Gasteiger charge is -2.11. The van der Waals surface area contributed by atoms with Crippen molar-refractivity contribution in [2.24, 2.45) is 0 Å². The summed E-state index contributed by atoms with van der Waals surface area (Å²) in [6, 6.07) is 9.76. The van der Waals surface area contributed by atoms with Crippen LogP contribution in [0.1, 0.15) is 12.5 Å². The Morgan fingerprint density at radius 3 is 2.25 bits per heavy atom. The lowest BCUT2D eigenvalue weighted by atomic mass is 10.2. The van der Waals surface area contributed by atoms with E-state index in [1.165, 1.54) is 12.1 Å². The lowest BCUT2D eigenvalue weighted by Crippen LogP contribution is -2.01. The van der Waals surface area contributed by atoms with E-state index in [0.29, 0.717) is 28.9 Å². The first-order valence-corrected chi connectivity index (χ1v) is 6.96. The van der Waals surface area contributed by atoms with Gasteiger partial charge in [0.15, 0.2) is 5.75 Å². The Kier molecular flexibility index (Phi) is 5.10. The van der Waals surface area contributed by atoms with Gasteiger partial charge in [-0.05, 0) is 48.9 Å². The summed E-state index contributed by atoms with van der Waals surface area (Å²) in [5.41, 5.74) is 1.75. The van der Waals surface area contributed by atoms with Crippen LogP contribution in [0.15, 0.2) is 36.4 Å². The minimum Gasteiger partial charge on any atom is -0.491 e. The van der Waals surface area contributed by atoms with Gasteiger partial charge in [0.2, 0.25) is 0 Å². The molecule has 0 unspecified atom stereocenters. The van der Waals surface area contributed by atoms with Gasteiger partial charge in [0.25, 0.3) is 0 Å². The van der Waals surface area contributed by atoms with E-state index in [4.69, 9.17) is 27.9 Å². The summed E-state index contributed by atoms with van der Waals surface area (Å²) in [6.07, 6.45) is 0. The highest BCUT2D eigenvalue weighted by atomic mass is 35.5. The van der Waals surface area contributed by atoms with Gasteiger partial charge in [0.1, 0.15) is 5.82 Å². The van der Waals surface area contributed by atoms with Gasteiger partial charge in [-0.25, -0.2) is 4.39 Å². The number of ether oxygens (including phenoxy) is 1. The van der Waals surface area contributed by atoms with Crippen molar-refractivity contribution in [2.45, 2.75) is 13.5 Å². The molecule has 0 spiro atoms. The third-order valence-electron chi connectivity index (χ3n) is 2.69. The molecule has 0 aliphatic rings. The Labute approximate surface area is 127 Å². The molecule has 0 atom stereocenters. The van der Waals surface area contributed by atoms with E-state index >= 15 is 0 Å². The highest BCUT2D eigenvalue weighted by Gasteiger charge is 2.09. The first-order chi connectivity index (χ1) is 9.60. The summed E-state index contributed by atoms with van der Waals surface area (Å²) in [5.74, 6) is 0.240. The molecular weight excluding hydrogens is 300 g/mol. The number of nitrogens with one attached hydrogen (secondary N) is 1. The zero-order valence-corrected chi connectivity index (χ0v) is 12.4. The van der Waals surface area contributed by atoms with E-state index in [9.17, 15) is 4.39 Å². The van der Waals surface area contributed by atoms with E-state index in [1.54, 1.807) is 24.3 Å². The Morgan fingerprint density at radius 1 is 1.10 bits per heavy atom. The predicted molar refractivity (Wildman–Crippen MR) is 81.4 cm³/mol. The highest BCUT2D eigenvalue weighted by molar-refractivity contribution is 6.37. The van der Waals surface area contributed by atoms with Crippen LogP contribution in [0.5, 0.6) is 5.75 Å². The van der Waals surface area contributed by atoms with Gasteiger partial charge in [0, 0.05) is 12.2 Å². The number of halogens is 3. The van der Waals surface area contributed by atoms with Crippen molar-refractivity contribution in [1.82, 2.24) is 0 Å². The maximum Gasteiger partial charge on any atom is 0.156 e. The van der Waals surface area contributed by atoms with Gasteiger partial charge in [-0.15, -0.1) is 0 Å². The predicted octanol–water partition coefficient (Wildman–Crippen LogP) is 5.14. The molecule has 2 aromatic rings. The van der Waals surface area contributed by atoms with Crippen molar-refractivity contribution in [1.29, 1.82) is 0 Å². The number of hydrogen-bond donors (Lipinski definition) is 1. The van der Waals surface area contributed by atoms with Gasteiger partial charge in [-0.1, -0.05) is 23.2 Å². The van der Waals surface area contributed by atoms with Gasteiger partial charge in [0.05, 0.1) is 16.7 Å². The first-order valence-electron chi connectivity index (χ1n) is 6.20. The fourth-order valence-electron chi connectivity index (χ4n) is 1.77. The van der Waals surface area contributed by atoms with Crippen molar-refractivity contribution in [3.8, 4) is 5.75 Å². The molecule has 0 heterocycles. The third kappa shape index (κ3) is 3.78. The van der Waals surface area contributed by atoms with Gasteiger partial charge in [-0.2, -0.15) is 0 Å². The SMILES string of the molecule is CCOc1c(Cl)cc(CNc2ccc(F)cc2)cc1Cl. The lowest BCUT2D eigenvalue weighted by molar-refractivity contribution is 0.340. The summed E-state index contributed by atoms with van der Waals surface area (Å²) in [7, 11) is 0. The van der Waals surface area contributed by atoms with Crippen molar-refractivity contribution in [2.75, 3.05) is 11.9 Å². The fourth-order valence-corrected chi connectivity index (χ4v) is 2.41. The molecule has 0 bridgehead atoms. The van der Waals surface area contributed by atoms with E-state index in [2.05, 4.69) is 5.32 Å². The molecule has 0 aliphatic carbocycles. The van der Waals surface area contributed by atoms with Gasteiger partial charge in [-0.3, -0.25) is 0 Å². The molecule has 0 amide bonds. The van der Waals surface area contributed by atoms with Crippen LogP contribution in [0.4, 0.5) is 10.1 Å². The second kappa shape index (κ2) is 6.82. The summed E-state index contributed by atoms with van der Waals surface area (Å²) in [6.45, 7) is 2.92. The zero-order valence-electron chi connectivity index (χ0n) is 10.9. The summed E-state index contributed by atoms with van der Waals surface area (Å²) in [5, 5.41) is 4.13.